The van der Waals surface area contributed by atoms with Crippen LogP contribution in [-0.2, 0) is 16.0 Å². The Bertz CT molecular complexity index is 659. The molecule has 0 saturated heterocycles. The molecule has 5 heteroatoms. The molecule has 0 aliphatic carbocycles. The lowest BCUT2D eigenvalue weighted by atomic mass is 10.1. The number of hydrogen-bond donors (Lipinski definition) is 2. The minimum atomic E-state index is -0.393. The van der Waals surface area contributed by atoms with Gasteiger partial charge in [0.15, 0.2) is 11.9 Å². The second-order valence-electron chi connectivity index (χ2n) is 5.10. The number of rotatable bonds is 6. The van der Waals surface area contributed by atoms with Crippen LogP contribution in [0.25, 0.3) is 10.9 Å². The summed E-state index contributed by atoms with van der Waals surface area (Å²) in [6.45, 7) is 13.3. The average molecular weight is 392 g/mol. The lowest BCUT2D eigenvalue weighted by Crippen LogP contribution is -2.20. The number of aromatic nitrogens is 1. The standard InChI is InChI=1S/C16H21NO2.2C2H6.C2H2.CH2O2/c1-4-5-6-13-10-17-16-8-7-14(9-15(13)16)19-12(3)11(2)18;3*1-2;2-1-3/h7-10,12,17H,4-6H2,1-3H3;2*1-2H3;1-2H;1H,(H,2,3). The summed E-state index contributed by atoms with van der Waals surface area (Å²) in [7, 11) is 0. The Labute approximate surface area is 170 Å². The number of Topliss-reactive ketones (excluding diaryl/α,β-unsaturated/α-hetero) is 1. The zero-order valence-electron chi connectivity index (χ0n) is 18.4. The summed E-state index contributed by atoms with van der Waals surface area (Å²) in [5.41, 5.74) is 2.44. The molecule has 1 aromatic carbocycles. The van der Waals surface area contributed by atoms with E-state index in [1.807, 2.05) is 45.9 Å². The number of ether oxygens (including phenoxy) is 1. The maximum atomic E-state index is 11.2. The monoisotopic (exact) mass is 391 g/mol. The Hall–Kier alpha value is -2.74. The zero-order valence-corrected chi connectivity index (χ0v) is 18.4. The van der Waals surface area contributed by atoms with E-state index in [4.69, 9.17) is 14.6 Å². The second-order valence-corrected chi connectivity index (χ2v) is 5.10. The molecular formula is C23H37NO4. The van der Waals surface area contributed by atoms with E-state index in [-0.39, 0.29) is 12.3 Å². The van der Waals surface area contributed by atoms with E-state index >= 15 is 0 Å². The van der Waals surface area contributed by atoms with Crippen molar-refractivity contribution in [3.05, 3.63) is 30.0 Å². The number of aromatic amines is 1. The van der Waals surface area contributed by atoms with Crippen LogP contribution < -0.4 is 4.74 Å². The van der Waals surface area contributed by atoms with Gasteiger partial charge in [0.05, 0.1) is 0 Å². The molecule has 1 aromatic heterocycles. The first kappa shape index (κ1) is 30.0. The highest BCUT2D eigenvalue weighted by atomic mass is 16.5. The fourth-order valence-electron chi connectivity index (χ4n) is 2.09. The maximum Gasteiger partial charge on any atom is 0.290 e. The summed E-state index contributed by atoms with van der Waals surface area (Å²) in [5.74, 6) is 0.799. The van der Waals surface area contributed by atoms with Gasteiger partial charge in [-0.3, -0.25) is 9.59 Å². The molecule has 2 rings (SSSR count). The minimum Gasteiger partial charge on any atom is -0.483 e. The van der Waals surface area contributed by atoms with E-state index in [9.17, 15) is 4.79 Å². The molecule has 1 atom stereocenters. The Balaban J connectivity index is -0.000000604. The number of ketones is 1. The number of aryl methyl sites for hydroxylation is 1. The molecule has 0 bridgehead atoms. The van der Waals surface area contributed by atoms with Gasteiger partial charge in [0, 0.05) is 17.1 Å². The molecule has 0 saturated carbocycles. The Morgan fingerprint density at radius 3 is 2.25 bits per heavy atom. The predicted octanol–water partition coefficient (Wildman–Crippen LogP) is 5.87. The van der Waals surface area contributed by atoms with Gasteiger partial charge < -0.3 is 14.8 Å². The molecule has 0 fully saturated rings. The van der Waals surface area contributed by atoms with Crippen LogP contribution in [-0.4, -0.2) is 28.4 Å². The number of hydrogen-bond acceptors (Lipinski definition) is 3. The van der Waals surface area contributed by atoms with Gasteiger partial charge in [0.25, 0.3) is 6.47 Å². The van der Waals surface area contributed by atoms with E-state index in [0.29, 0.717) is 0 Å². The van der Waals surface area contributed by atoms with Gasteiger partial charge in [0.2, 0.25) is 0 Å². The number of fused-ring (bicyclic) bond motifs is 1. The molecule has 0 aliphatic rings. The molecule has 0 aliphatic heterocycles. The van der Waals surface area contributed by atoms with Crippen molar-refractivity contribution in [3.8, 4) is 18.6 Å². The lowest BCUT2D eigenvalue weighted by Gasteiger charge is -2.11. The van der Waals surface area contributed by atoms with Crippen molar-refractivity contribution in [2.45, 2.75) is 73.8 Å². The van der Waals surface area contributed by atoms with Crippen molar-refractivity contribution in [1.29, 1.82) is 0 Å². The highest BCUT2D eigenvalue weighted by Gasteiger charge is 2.10. The van der Waals surface area contributed by atoms with Crippen molar-refractivity contribution in [2.75, 3.05) is 0 Å². The molecule has 1 heterocycles. The Kier molecular flexibility index (Phi) is 22.0. The van der Waals surface area contributed by atoms with Crippen LogP contribution in [0.3, 0.4) is 0 Å². The summed E-state index contributed by atoms with van der Waals surface area (Å²) >= 11 is 0. The van der Waals surface area contributed by atoms with Crippen molar-refractivity contribution < 1.29 is 19.4 Å². The third kappa shape index (κ3) is 11.8. The van der Waals surface area contributed by atoms with Gasteiger partial charge in [0.1, 0.15) is 5.75 Å². The van der Waals surface area contributed by atoms with Crippen molar-refractivity contribution in [1.82, 2.24) is 4.98 Å². The van der Waals surface area contributed by atoms with Gasteiger partial charge in [-0.25, -0.2) is 0 Å². The van der Waals surface area contributed by atoms with Gasteiger partial charge in [-0.15, -0.1) is 12.8 Å². The molecule has 0 radical (unpaired) electrons. The van der Waals surface area contributed by atoms with Gasteiger partial charge in [-0.05, 0) is 50.5 Å². The number of nitrogens with one attached hydrogen (secondary N) is 1. The van der Waals surface area contributed by atoms with Crippen LogP contribution in [0.4, 0.5) is 0 Å². The van der Waals surface area contributed by atoms with Crippen LogP contribution in [0.5, 0.6) is 5.75 Å². The first-order chi connectivity index (χ1) is 13.5. The van der Waals surface area contributed by atoms with Gasteiger partial charge in [-0.1, -0.05) is 41.0 Å². The highest BCUT2D eigenvalue weighted by molar-refractivity contribution is 5.85. The number of terminal acetylenes is 1. The molecule has 158 valence electrons. The molecule has 0 spiro atoms. The van der Waals surface area contributed by atoms with Crippen molar-refractivity contribution >= 4 is 23.2 Å². The number of unbranched alkanes of at least 4 members (excludes halogenated alkanes) is 1. The minimum absolute atomic E-state index is 0.0420. The largest absolute Gasteiger partial charge is 0.483 e. The smallest absolute Gasteiger partial charge is 0.290 e. The number of carboxylic acid groups (broad SMARTS) is 1. The van der Waals surface area contributed by atoms with Crippen LogP contribution in [0.1, 0.15) is 66.9 Å². The number of benzene rings is 1. The number of carbonyl (C=O) groups is 2. The number of H-pyrrole nitrogens is 1. The summed E-state index contributed by atoms with van der Waals surface area (Å²) in [6, 6.07) is 5.94. The molecule has 5 nitrogen and oxygen atoms in total. The van der Waals surface area contributed by atoms with Gasteiger partial charge >= 0.3 is 0 Å². The molecule has 28 heavy (non-hydrogen) atoms. The second kappa shape index (κ2) is 20.6. The fraction of sp³-hybridized carbons (Fsp3) is 0.478. The normalized spacial score (nSPS) is 9.46. The molecule has 1 unspecified atom stereocenters. The van der Waals surface area contributed by atoms with Crippen LogP contribution in [0.15, 0.2) is 24.4 Å². The first-order valence-corrected chi connectivity index (χ1v) is 9.71. The SMILES string of the molecule is C#C.CC.CC.CCCCc1c[nH]c2ccc(OC(C)C(C)=O)cc12.O=CO. The van der Waals surface area contributed by atoms with Crippen LogP contribution in [0, 0.1) is 12.8 Å². The third-order valence-corrected chi connectivity index (χ3v) is 3.42. The topological polar surface area (TPSA) is 79.4 Å². The molecule has 2 N–H and O–H groups in total. The van der Waals surface area contributed by atoms with Crippen LogP contribution in [0.2, 0.25) is 0 Å². The predicted molar refractivity (Wildman–Crippen MR) is 119 cm³/mol. The summed E-state index contributed by atoms with van der Waals surface area (Å²) in [5, 5.41) is 8.08. The molecular weight excluding hydrogens is 354 g/mol. The van der Waals surface area contributed by atoms with E-state index in [1.54, 1.807) is 13.8 Å². The van der Waals surface area contributed by atoms with Crippen molar-refractivity contribution in [3.63, 3.8) is 0 Å². The van der Waals surface area contributed by atoms with E-state index < -0.39 is 6.10 Å². The number of carbonyl (C=O) groups excluding carboxylic acids is 1. The van der Waals surface area contributed by atoms with E-state index in [2.05, 4.69) is 31.0 Å². The summed E-state index contributed by atoms with van der Waals surface area (Å²) in [6.07, 6.45) is 13.1. The maximum absolute atomic E-state index is 11.2. The zero-order chi connectivity index (χ0) is 22.5. The van der Waals surface area contributed by atoms with E-state index in [1.165, 1.54) is 23.8 Å². The third-order valence-electron chi connectivity index (χ3n) is 3.42. The Morgan fingerprint density at radius 2 is 1.79 bits per heavy atom. The van der Waals surface area contributed by atoms with E-state index in [0.717, 1.165) is 17.7 Å². The summed E-state index contributed by atoms with van der Waals surface area (Å²) < 4.78 is 5.65. The van der Waals surface area contributed by atoms with Crippen LogP contribution >= 0.6 is 0 Å². The van der Waals surface area contributed by atoms with Gasteiger partial charge in [-0.2, -0.15) is 0 Å². The van der Waals surface area contributed by atoms with Crippen molar-refractivity contribution in [2.24, 2.45) is 0 Å². The molecule has 0 amide bonds. The fourth-order valence-corrected chi connectivity index (χ4v) is 2.09. The average Bonchev–Trinajstić information content (AvgIpc) is 3.13. The first-order valence-electron chi connectivity index (χ1n) is 9.71. The quantitative estimate of drug-likeness (QED) is 0.477. The highest BCUT2D eigenvalue weighted by Crippen LogP contribution is 2.25. The molecule has 2 aromatic rings. The lowest BCUT2D eigenvalue weighted by molar-refractivity contribution is -0.123. The Morgan fingerprint density at radius 1 is 1.25 bits per heavy atom. The summed E-state index contributed by atoms with van der Waals surface area (Å²) in [4.78, 5) is 22.9.